The summed E-state index contributed by atoms with van der Waals surface area (Å²) >= 11 is 6.39. The van der Waals surface area contributed by atoms with Crippen molar-refractivity contribution in [3.8, 4) is 11.5 Å². The maximum atomic E-state index is 13.9. The van der Waals surface area contributed by atoms with Crippen molar-refractivity contribution in [3.63, 3.8) is 0 Å². The Balaban J connectivity index is 1.53. The van der Waals surface area contributed by atoms with E-state index in [-0.39, 0.29) is 30.1 Å². The molecule has 1 saturated heterocycles. The van der Waals surface area contributed by atoms with Crippen LogP contribution in [0.5, 0.6) is 11.5 Å². The molecule has 0 saturated carbocycles. The largest absolute Gasteiger partial charge is 0.493 e. The van der Waals surface area contributed by atoms with Crippen molar-refractivity contribution in [2.75, 3.05) is 7.11 Å². The molecule has 0 atom stereocenters. The van der Waals surface area contributed by atoms with Gasteiger partial charge in [-0.25, -0.2) is 4.39 Å². The maximum absolute atomic E-state index is 13.9. The minimum absolute atomic E-state index is 0.0489. The quantitative estimate of drug-likeness (QED) is 0.203. The molecule has 3 aromatic carbocycles. The zero-order valence-electron chi connectivity index (χ0n) is 17.9. The summed E-state index contributed by atoms with van der Waals surface area (Å²) in [6.45, 7) is 0.256. The first-order valence-corrected chi connectivity index (χ1v) is 12.8. The van der Waals surface area contributed by atoms with Crippen LogP contribution in [0.25, 0.3) is 6.08 Å². The summed E-state index contributed by atoms with van der Waals surface area (Å²) in [6.07, 6.45) is 1.66. The Morgan fingerprint density at radius 1 is 1.12 bits per heavy atom. The molecule has 1 aliphatic heterocycles. The van der Waals surface area contributed by atoms with Crippen molar-refractivity contribution in [2.45, 2.75) is 13.2 Å². The minimum atomic E-state index is -0.341. The topological polar surface area (TPSA) is 55.8 Å². The molecule has 0 unspecified atom stereocenters. The van der Waals surface area contributed by atoms with Gasteiger partial charge in [0.1, 0.15) is 12.4 Å². The molecule has 174 valence electrons. The molecule has 0 radical (unpaired) electrons. The van der Waals surface area contributed by atoms with E-state index in [1.807, 2.05) is 30.3 Å². The lowest BCUT2D eigenvalue weighted by Gasteiger charge is -2.14. The van der Waals surface area contributed by atoms with Crippen molar-refractivity contribution < 1.29 is 23.5 Å². The SMILES string of the molecule is COc1cc(/C=C2\SC(=O)N(Cc3ccc(Br)cc3)C2=O)cc(I)c1OCc1ccccc1F. The number of amides is 2. The van der Waals surface area contributed by atoms with Gasteiger partial charge in [0.2, 0.25) is 0 Å². The monoisotopic (exact) mass is 653 g/mol. The molecule has 9 heteroatoms. The van der Waals surface area contributed by atoms with E-state index < -0.39 is 0 Å². The molecule has 3 aromatic rings. The van der Waals surface area contributed by atoms with Gasteiger partial charge >= 0.3 is 0 Å². The zero-order valence-corrected chi connectivity index (χ0v) is 22.4. The standard InChI is InChI=1S/C25H18BrFINO4S/c1-32-21-11-16(10-20(28)23(21)33-14-17-4-2-3-5-19(17)27)12-22-24(30)29(25(31)34-22)13-15-6-8-18(26)9-7-15/h2-12H,13-14H2,1H3/b22-12-. The predicted octanol–water partition coefficient (Wildman–Crippen LogP) is 7.02. The van der Waals surface area contributed by atoms with Crippen molar-refractivity contribution in [2.24, 2.45) is 0 Å². The first-order chi connectivity index (χ1) is 16.4. The fraction of sp³-hybridized carbons (Fsp3) is 0.120. The first kappa shape index (κ1) is 24.7. The molecule has 0 spiro atoms. The van der Waals surface area contributed by atoms with Crippen LogP contribution >= 0.6 is 50.3 Å². The average Bonchev–Trinajstić information content (AvgIpc) is 3.07. The van der Waals surface area contributed by atoms with Gasteiger partial charge in [0.15, 0.2) is 11.5 Å². The molecule has 0 bridgehead atoms. The Hall–Kier alpha value is -2.37. The predicted molar refractivity (Wildman–Crippen MR) is 142 cm³/mol. The molecule has 4 rings (SSSR count). The van der Waals surface area contributed by atoms with Gasteiger partial charge in [0.25, 0.3) is 11.1 Å². The Bertz CT molecular complexity index is 1280. The number of carbonyl (C=O) groups is 2. The second-order valence-corrected chi connectivity index (χ2v) is 10.4. The van der Waals surface area contributed by atoms with Crippen LogP contribution in [-0.4, -0.2) is 23.2 Å². The Kier molecular flexibility index (Phi) is 7.95. The van der Waals surface area contributed by atoms with Crippen LogP contribution in [0.2, 0.25) is 0 Å². The van der Waals surface area contributed by atoms with E-state index >= 15 is 0 Å². The number of imide groups is 1. The van der Waals surface area contributed by atoms with E-state index in [9.17, 15) is 14.0 Å². The number of hydrogen-bond acceptors (Lipinski definition) is 5. The van der Waals surface area contributed by atoms with E-state index in [0.29, 0.717) is 27.5 Å². The van der Waals surface area contributed by atoms with E-state index in [2.05, 4.69) is 38.5 Å². The molecule has 0 N–H and O–H groups in total. The van der Waals surface area contributed by atoms with Crippen LogP contribution in [0, 0.1) is 9.39 Å². The number of ether oxygens (including phenoxy) is 2. The van der Waals surface area contributed by atoms with Gasteiger partial charge in [-0.1, -0.05) is 46.3 Å². The molecule has 5 nitrogen and oxygen atoms in total. The van der Waals surface area contributed by atoms with Gasteiger partial charge in [-0.05, 0) is 81.9 Å². The summed E-state index contributed by atoms with van der Waals surface area (Å²) in [4.78, 5) is 27.0. The van der Waals surface area contributed by atoms with Gasteiger partial charge in [0, 0.05) is 10.0 Å². The fourth-order valence-corrected chi connectivity index (χ4v) is 5.17. The van der Waals surface area contributed by atoms with Crippen molar-refractivity contribution in [1.29, 1.82) is 0 Å². The van der Waals surface area contributed by atoms with Crippen LogP contribution in [-0.2, 0) is 17.9 Å². The highest BCUT2D eigenvalue weighted by atomic mass is 127. The van der Waals surface area contributed by atoms with Gasteiger partial charge in [-0.2, -0.15) is 0 Å². The van der Waals surface area contributed by atoms with E-state index in [1.54, 1.807) is 30.3 Å². The summed E-state index contributed by atoms with van der Waals surface area (Å²) in [5.74, 6) is 0.245. The fourth-order valence-electron chi connectivity index (χ4n) is 3.29. The number of nitrogens with zero attached hydrogens (tertiary/aromatic N) is 1. The molecule has 1 fully saturated rings. The van der Waals surface area contributed by atoms with E-state index in [1.165, 1.54) is 18.1 Å². The Morgan fingerprint density at radius 3 is 2.56 bits per heavy atom. The molecular formula is C25H18BrFINO4S. The number of rotatable bonds is 7. The van der Waals surface area contributed by atoms with Crippen LogP contribution in [0.4, 0.5) is 9.18 Å². The van der Waals surface area contributed by atoms with Crippen molar-refractivity contribution in [1.82, 2.24) is 4.90 Å². The van der Waals surface area contributed by atoms with E-state index in [0.717, 1.165) is 25.4 Å². The number of thioether (sulfide) groups is 1. The van der Waals surface area contributed by atoms with Crippen LogP contribution in [0.15, 0.2) is 70.0 Å². The molecule has 0 aromatic heterocycles. The third kappa shape index (κ3) is 5.64. The first-order valence-electron chi connectivity index (χ1n) is 10.1. The Morgan fingerprint density at radius 2 is 1.85 bits per heavy atom. The third-order valence-corrected chi connectivity index (χ3v) is 7.24. The van der Waals surface area contributed by atoms with Gasteiger partial charge < -0.3 is 9.47 Å². The van der Waals surface area contributed by atoms with Gasteiger partial charge in [-0.3, -0.25) is 14.5 Å². The molecule has 1 aliphatic rings. The average molecular weight is 654 g/mol. The smallest absolute Gasteiger partial charge is 0.293 e. The Labute approximate surface area is 222 Å². The maximum Gasteiger partial charge on any atom is 0.293 e. The minimum Gasteiger partial charge on any atom is -0.493 e. The second-order valence-electron chi connectivity index (χ2n) is 7.31. The third-order valence-electron chi connectivity index (χ3n) is 5.01. The van der Waals surface area contributed by atoms with Crippen LogP contribution in [0.1, 0.15) is 16.7 Å². The number of methoxy groups -OCH3 is 1. The summed E-state index contributed by atoms with van der Waals surface area (Å²) in [5.41, 5.74) is 1.98. The molecule has 1 heterocycles. The summed E-state index contributed by atoms with van der Waals surface area (Å²) in [6, 6.07) is 17.4. The lowest BCUT2D eigenvalue weighted by atomic mass is 10.1. The number of hydrogen-bond donors (Lipinski definition) is 0. The van der Waals surface area contributed by atoms with Gasteiger partial charge in [-0.15, -0.1) is 0 Å². The molecule has 34 heavy (non-hydrogen) atoms. The number of carbonyl (C=O) groups excluding carboxylic acids is 2. The highest BCUT2D eigenvalue weighted by Crippen LogP contribution is 2.38. The summed E-state index contributed by atoms with van der Waals surface area (Å²) in [5, 5.41) is -0.314. The van der Waals surface area contributed by atoms with Crippen LogP contribution < -0.4 is 9.47 Å². The summed E-state index contributed by atoms with van der Waals surface area (Å²) < 4.78 is 26.9. The van der Waals surface area contributed by atoms with Crippen LogP contribution in [0.3, 0.4) is 0 Å². The molecular weight excluding hydrogens is 636 g/mol. The van der Waals surface area contributed by atoms with Gasteiger partial charge in [0.05, 0.1) is 22.1 Å². The summed E-state index contributed by atoms with van der Waals surface area (Å²) in [7, 11) is 1.51. The van der Waals surface area contributed by atoms with E-state index in [4.69, 9.17) is 9.47 Å². The molecule has 2 amide bonds. The highest BCUT2D eigenvalue weighted by Gasteiger charge is 2.35. The normalized spacial score (nSPS) is 14.7. The lowest BCUT2D eigenvalue weighted by molar-refractivity contribution is -0.123. The number of benzene rings is 3. The molecule has 0 aliphatic carbocycles. The zero-order chi connectivity index (χ0) is 24.2. The van der Waals surface area contributed by atoms with Crippen molar-refractivity contribution in [3.05, 3.63) is 96.1 Å². The number of halogens is 3. The second kappa shape index (κ2) is 10.9. The highest BCUT2D eigenvalue weighted by molar-refractivity contribution is 14.1. The van der Waals surface area contributed by atoms with Crippen molar-refractivity contribution >= 4 is 67.5 Å². The lowest BCUT2D eigenvalue weighted by Crippen LogP contribution is -2.27.